The summed E-state index contributed by atoms with van der Waals surface area (Å²) in [6.45, 7) is 0. The topological polar surface area (TPSA) is 50.9 Å². The van der Waals surface area contributed by atoms with Crippen molar-refractivity contribution in [1.82, 2.24) is 10.4 Å². The molecule has 104 valence electrons. The van der Waals surface area contributed by atoms with Crippen LogP contribution in [0.5, 0.6) is 0 Å². The summed E-state index contributed by atoms with van der Waals surface area (Å²) in [5.74, 6) is 6.54. The molecule has 3 heteroatoms. The van der Waals surface area contributed by atoms with Crippen LogP contribution in [0.3, 0.4) is 0 Å². The first-order chi connectivity index (χ1) is 9.88. The van der Waals surface area contributed by atoms with E-state index < -0.39 is 0 Å². The zero-order valence-corrected chi connectivity index (χ0v) is 11.6. The molecule has 1 aliphatic rings. The lowest BCUT2D eigenvalue weighted by atomic mass is 9.77. The SMILES string of the molecule is NNC(Cc1ccncc1)c1ccccc1C1CCC1. The molecule has 0 radical (unpaired) electrons. The van der Waals surface area contributed by atoms with Crippen molar-refractivity contribution in [3.8, 4) is 0 Å². The highest BCUT2D eigenvalue weighted by Gasteiger charge is 2.24. The molecule has 1 fully saturated rings. The molecule has 3 N–H and O–H groups in total. The van der Waals surface area contributed by atoms with Crippen LogP contribution in [0.15, 0.2) is 48.8 Å². The van der Waals surface area contributed by atoms with Gasteiger partial charge in [-0.05, 0) is 54.0 Å². The Bertz CT molecular complexity index is 549. The smallest absolute Gasteiger partial charge is 0.0503 e. The summed E-state index contributed by atoms with van der Waals surface area (Å²) in [6.07, 6.45) is 8.53. The number of nitrogens with two attached hydrogens (primary N) is 1. The monoisotopic (exact) mass is 267 g/mol. The normalized spacial score (nSPS) is 16.6. The summed E-state index contributed by atoms with van der Waals surface area (Å²) in [5, 5.41) is 0. The lowest BCUT2D eigenvalue weighted by molar-refractivity contribution is 0.411. The van der Waals surface area contributed by atoms with E-state index in [1.54, 1.807) is 0 Å². The van der Waals surface area contributed by atoms with Gasteiger partial charge < -0.3 is 0 Å². The summed E-state index contributed by atoms with van der Waals surface area (Å²) >= 11 is 0. The highest BCUT2D eigenvalue weighted by atomic mass is 15.2. The third kappa shape index (κ3) is 2.74. The third-order valence-corrected chi connectivity index (χ3v) is 4.31. The zero-order valence-electron chi connectivity index (χ0n) is 11.6. The van der Waals surface area contributed by atoms with Crippen molar-refractivity contribution in [3.63, 3.8) is 0 Å². The number of hydrazine groups is 1. The van der Waals surface area contributed by atoms with Gasteiger partial charge in [-0.1, -0.05) is 30.7 Å². The Hall–Kier alpha value is -1.71. The van der Waals surface area contributed by atoms with E-state index in [1.165, 1.54) is 36.0 Å². The van der Waals surface area contributed by atoms with Gasteiger partial charge in [-0.3, -0.25) is 16.3 Å². The summed E-state index contributed by atoms with van der Waals surface area (Å²) < 4.78 is 0. The molecule has 20 heavy (non-hydrogen) atoms. The van der Waals surface area contributed by atoms with E-state index in [2.05, 4.69) is 46.8 Å². The molecule has 0 bridgehead atoms. The van der Waals surface area contributed by atoms with Crippen LogP contribution in [-0.4, -0.2) is 4.98 Å². The van der Waals surface area contributed by atoms with Crippen LogP contribution in [0.4, 0.5) is 0 Å². The average Bonchev–Trinajstić information content (AvgIpc) is 2.45. The van der Waals surface area contributed by atoms with Crippen molar-refractivity contribution in [2.75, 3.05) is 0 Å². The molecule has 0 spiro atoms. The van der Waals surface area contributed by atoms with Crippen LogP contribution in [0.2, 0.25) is 0 Å². The van der Waals surface area contributed by atoms with Crippen molar-refractivity contribution in [2.24, 2.45) is 5.84 Å². The molecular weight excluding hydrogens is 246 g/mol. The summed E-state index contributed by atoms with van der Waals surface area (Å²) in [4.78, 5) is 4.07. The van der Waals surface area contributed by atoms with E-state index in [1.807, 2.05) is 12.4 Å². The first kappa shape index (κ1) is 13.3. The largest absolute Gasteiger partial charge is 0.271 e. The van der Waals surface area contributed by atoms with Crippen LogP contribution < -0.4 is 11.3 Å². The third-order valence-electron chi connectivity index (χ3n) is 4.31. The van der Waals surface area contributed by atoms with Crippen LogP contribution in [0, 0.1) is 0 Å². The summed E-state index contributed by atoms with van der Waals surface area (Å²) in [6, 6.07) is 13.0. The Balaban J connectivity index is 1.85. The maximum Gasteiger partial charge on any atom is 0.0503 e. The van der Waals surface area contributed by atoms with E-state index in [4.69, 9.17) is 5.84 Å². The van der Waals surface area contributed by atoms with Crippen molar-refractivity contribution in [2.45, 2.75) is 37.6 Å². The molecule has 3 nitrogen and oxygen atoms in total. The van der Waals surface area contributed by atoms with Gasteiger partial charge in [-0.2, -0.15) is 0 Å². The highest BCUT2D eigenvalue weighted by molar-refractivity contribution is 5.35. The molecule has 3 rings (SSSR count). The zero-order chi connectivity index (χ0) is 13.8. The van der Waals surface area contributed by atoms with E-state index in [0.29, 0.717) is 0 Å². The number of pyridine rings is 1. The van der Waals surface area contributed by atoms with Gasteiger partial charge in [0.15, 0.2) is 0 Å². The Kier molecular flexibility index (Phi) is 4.09. The standard InChI is InChI=1S/C17H21N3/c18-20-17(12-13-8-10-19-11-9-13)16-7-2-1-6-15(16)14-4-3-5-14/h1-2,6-11,14,17,20H,3-5,12,18H2. The lowest BCUT2D eigenvalue weighted by Crippen LogP contribution is -2.31. The number of aromatic nitrogens is 1. The van der Waals surface area contributed by atoms with Crippen LogP contribution >= 0.6 is 0 Å². The second-order valence-electron chi connectivity index (χ2n) is 5.54. The maximum absolute atomic E-state index is 5.82. The molecule has 2 aromatic rings. The van der Waals surface area contributed by atoms with Crippen LogP contribution in [0.25, 0.3) is 0 Å². The summed E-state index contributed by atoms with van der Waals surface area (Å²) in [5.41, 5.74) is 7.06. The fourth-order valence-electron chi connectivity index (χ4n) is 2.93. The lowest BCUT2D eigenvalue weighted by Gasteiger charge is -2.30. The molecule has 1 aliphatic carbocycles. The maximum atomic E-state index is 5.82. The Morgan fingerprint density at radius 3 is 2.55 bits per heavy atom. The number of benzene rings is 1. The first-order valence-electron chi connectivity index (χ1n) is 7.32. The minimum Gasteiger partial charge on any atom is -0.271 e. The van der Waals surface area contributed by atoms with E-state index >= 15 is 0 Å². The van der Waals surface area contributed by atoms with E-state index in [-0.39, 0.29) is 6.04 Å². The van der Waals surface area contributed by atoms with E-state index in [9.17, 15) is 0 Å². The predicted octanol–water partition coefficient (Wildman–Crippen LogP) is 3.10. The Labute approximate surface area is 120 Å². The van der Waals surface area contributed by atoms with Gasteiger partial charge in [0, 0.05) is 12.4 Å². The number of rotatable bonds is 5. The number of nitrogens with zero attached hydrogens (tertiary/aromatic N) is 1. The Morgan fingerprint density at radius 2 is 1.90 bits per heavy atom. The van der Waals surface area contributed by atoms with Crippen molar-refractivity contribution in [1.29, 1.82) is 0 Å². The van der Waals surface area contributed by atoms with Crippen molar-refractivity contribution in [3.05, 3.63) is 65.5 Å². The second-order valence-corrected chi connectivity index (χ2v) is 5.54. The molecule has 0 saturated heterocycles. The molecule has 1 heterocycles. The molecule has 1 aromatic heterocycles. The summed E-state index contributed by atoms with van der Waals surface area (Å²) in [7, 11) is 0. The van der Waals surface area contributed by atoms with Crippen LogP contribution in [0.1, 0.15) is 47.9 Å². The van der Waals surface area contributed by atoms with E-state index in [0.717, 1.165) is 12.3 Å². The second kappa shape index (κ2) is 6.16. The molecule has 0 amide bonds. The van der Waals surface area contributed by atoms with Gasteiger partial charge in [-0.25, -0.2) is 0 Å². The van der Waals surface area contributed by atoms with Gasteiger partial charge in [0.1, 0.15) is 0 Å². The molecule has 1 aromatic carbocycles. The van der Waals surface area contributed by atoms with Crippen molar-refractivity contribution >= 4 is 0 Å². The quantitative estimate of drug-likeness (QED) is 0.646. The molecule has 1 saturated carbocycles. The van der Waals surface area contributed by atoms with Gasteiger partial charge in [0.25, 0.3) is 0 Å². The van der Waals surface area contributed by atoms with Gasteiger partial charge >= 0.3 is 0 Å². The fourth-order valence-corrected chi connectivity index (χ4v) is 2.93. The first-order valence-corrected chi connectivity index (χ1v) is 7.32. The highest BCUT2D eigenvalue weighted by Crippen LogP contribution is 2.39. The number of hydrogen-bond acceptors (Lipinski definition) is 3. The average molecular weight is 267 g/mol. The molecule has 1 unspecified atom stereocenters. The van der Waals surface area contributed by atoms with Gasteiger partial charge in [-0.15, -0.1) is 0 Å². The molecular formula is C17H21N3. The fraction of sp³-hybridized carbons (Fsp3) is 0.353. The number of hydrogen-bond donors (Lipinski definition) is 2. The van der Waals surface area contributed by atoms with Crippen molar-refractivity contribution < 1.29 is 0 Å². The van der Waals surface area contributed by atoms with Gasteiger partial charge in [0.05, 0.1) is 6.04 Å². The Morgan fingerprint density at radius 1 is 1.15 bits per heavy atom. The minimum atomic E-state index is 0.161. The van der Waals surface area contributed by atoms with Crippen LogP contribution in [-0.2, 0) is 6.42 Å². The van der Waals surface area contributed by atoms with Gasteiger partial charge in [0.2, 0.25) is 0 Å². The minimum absolute atomic E-state index is 0.161. The molecule has 0 aliphatic heterocycles. The number of nitrogens with one attached hydrogen (secondary N) is 1. The molecule has 1 atom stereocenters. The predicted molar refractivity (Wildman–Crippen MR) is 81.0 cm³/mol.